The number of non-ortho nitro benzene ring substituents is 2. The van der Waals surface area contributed by atoms with Crippen LogP contribution in [0.15, 0.2) is 53.7 Å². The van der Waals surface area contributed by atoms with Gasteiger partial charge in [-0.2, -0.15) is 13.2 Å². The number of nitro groups is 3. The SMILES string of the molecule is O=C(Nc1cccc(C(F)(F)F)c1)c1cc([N+](=O)[O-])cc2c1-c1c(cc([N+](=O)[O-])cc1[N+](=O)[O-])/C2=N\O. The van der Waals surface area contributed by atoms with Gasteiger partial charge in [-0.1, -0.05) is 11.2 Å². The van der Waals surface area contributed by atoms with Crippen LogP contribution >= 0.6 is 0 Å². The van der Waals surface area contributed by atoms with Crippen LogP contribution in [-0.4, -0.2) is 31.6 Å². The second-order valence-electron chi connectivity index (χ2n) is 7.56. The molecule has 2 N–H and O–H groups in total. The fraction of sp³-hybridized carbons (Fsp3) is 0.0476. The Morgan fingerprint density at radius 3 is 2.00 bits per heavy atom. The maximum Gasteiger partial charge on any atom is 0.416 e. The Labute approximate surface area is 201 Å². The highest BCUT2D eigenvalue weighted by Crippen LogP contribution is 2.48. The van der Waals surface area contributed by atoms with Crippen molar-refractivity contribution in [3.8, 4) is 11.1 Å². The van der Waals surface area contributed by atoms with Gasteiger partial charge in [0.05, 0.1) is 37.5 Å². The van der Waals surface area contributed by atoms with E-state index in [1.807, 2.05) is 0 Å². The number of nitrogens with zero attached hydrogens (tertiary/aromatic N) is 4. The zero-order chi connectivity index (χ0) is 27.2. The third kappa shape index (κ3) is 4.26. The second-order valence-corrected chi connectivity index (χ2v) is 7.56. The number of hydrogen-bond donors (Lipinski definition) is 2. The summed E-state index contributed by atoms with van der Waals surface area (Å²) in [6, 6.07) is 6.48. The van der Waals surface area contributed by atoms with Crippen molar-refractivity contribution in [2.45, 2.75) is 6.18 Å². The lowest BCUT2D eigenvalue weighted by Crippen LogP contribution is -2.15. The molecule has 0 aliphatic heterocycles. The number of anilines is 1. The number of halogens is 3. The van der Waals surface area contributed by atoms with Crippen molar-refractivity contribution in [3.05, 3.63) is 101 Å². The molecule has 0 heterocycles. The monoisotopic (exact) mass is 517 g/mol. The van der Waals surface area contributed by atoms with Crippen molar-refractivity contribution in [1.82, 2.24) is 0 Å². The Hall–Kier alpha value is -5.41. The van der Waals surface area contributed by atoms with E-state index in [4.69, 9.17) is 0 Å². The molecule has 1 aliphatic carbocycles. The number of nitrogens with one attached hydrogen (secondary N) is 1. The van der Waals surface area contributed by atoms with Crippen LogP contribution in [0.4, 0.5) is 35.9 Å². The maximum atomic E-state index is 13.2. The normalized spacial score (nSPS) is 13.1. The Morgan fingerprint density at radius 1 is 0.865 bits per heavy atom. The lowest BCUT2D eigenvalue weighted by Gasteiger charge is -2.12. The smallest absolute Gasteiger partial charge is 0.410 e. The quantitative estimate of drug-likeness (QED) is 0.212. The van der Waals surface area contributed by atoms with Crippen molar-refractivity contribution in [3.63, 3.8) is 0 Å². The molecule has 0 radical (unpaired) electrons. The number of benzene rings is 3. The standard InChI is InChI=1S/C21H10F3N5O8/c22-21(23,24)9-2-1-3-10(4-9)25-20(30)15-7-11(27(32)33)5-13-17(15)18-14(19(13)26-31)6-12(28(34)35)8-16(18)29(36)37/h1-8,31H,(H,25,30)/b26-19-. The number of fused-ring (bicyclic) bond motifs is 3. The van der Waals surface area contributed by atoms with Gasteiger partial charge >= 0.3 is 6.18 Å². The maximum absolute atomic E-state index is 13.2. The van der Waals surface area contributed by atoms with Gasteiger partial charge in [0.2, 0.25) is 0 Å². The van der Waals surface area contributed by atoms with Crippen LogP contribution in [0, 0.1) is 30.3 Å². The summed E-state index contributed by atoms with van der Waals surface area (Å²) in [5.41, 5.74) is -6.32. The molecular weight excluding hydrogens is 507 g/mol. The van der Waals surface area contributed by atoms with E-state index in [0.717, 1.165) is 36.4 Å². The molecule has 3 aromatic rings. The summed E-state index contributed by atoms with van der Waals surface area (Å²) in [7, 11) is 0. The lowest BCUT2D eigenvalue weighted by atomic mass is 9.96. The molecule has 188 valence electrons. The highest BCUT2D eigenvalue weighted by molar-refractivity contribution is 6.29. The molecule has 0 aromatic heterocycles. The molecule has 0 atom stereocenters. The van der Waals surface area contributed by atoms with E-state index in [2.05, 4.69) is 10.5 Å². The highest BCUT2D eigenvalue weighted by Gasteiger charge is 2.39. The summed E-state index contributed by atoms with van der Waals surface area (Å²) in [6.45, 7) is 0. The first-order valence-corrected chi connectivity index (χ1v) is 9.84. The predicted octanol–water partition coefficient (Wildman–Crippen LogP) is 4.89. The van der Waals surface area contributed by atoms with Crippen LogP contribution in [0.5, 0.6) is 0 Å². The lowest BCUT2D eigenvalue weighted by molar-refractivity contribution is -0.393. The number of amides is 1. The number of carbonyl (C=O) groups excluding carboxylic acids is 1. The summed E-state index contributed by atoms with van der Waals surface area (Å²) in [5, 5.41) is 49.4. The van der Waals surface area contributed by atoms with Crippen LogP contribution in [0.25, 0.3) is 11.1 Å². The van der Waals surface area contributed by atoms with Gasteiger partial charge in [0.25, 0.3) is 23.0 Å². The van der Waals surface area contributed by atoms with Gasteiger partial charge in [-0.15, -0.1) is 0 Å². The minimum atomic E-state index is -4.74. The van der Waals surface area contributed by atoms with E-state index in [0.29, 0.717) is 12.1 Å². The topological polar surface area (TPSA) is 191 Å². The zero-order valence-electron chi connectivity index (χ0n) is 17.8. The van der Waals surface area contributed by atoms with Gasteiger partial charge < -0.3 is 10.5 Å². The van der Waals surface area contributed by atoms with E-state index in [-0.39, 0.29) is 22.4 Å². The van der Waals surface area contributed by atoms with Crippen molar-refractivity contribution in [2.75, 3.05) is 5.32 Å². The van der Waals surface area contributed by atoms with E-state index in [1.165, 1.54) is 0 Å². The van der Waals surface area contributed by atoms with Gasteiger partial charge in [0, 0.05) is 40.6 Å². The molecule has 0 spiro atoms. The number of oxime groups is 1. The molecule has 0 saturated carbocycles. The van der Waals surface area contributed by atoms with Gasteiger partial charge in [-0.05, 0) is 18.2 Å². The average molecular weight is 517 g/mol. The number of nitro benzene ring substituents is 3. The number of rotatable bonds is 5. The molecule has 0 fully saturated rings. The molecule has 0 unspecified atom stereocenters. The van der Waals surface area contributed by atoms with Crippen LogP contribution in [-0.2, 0) is 6.18 Å². The third-order valence-corrected chi connectivity index (χ3v) is 5.40. The molecule has 13 nitrogen and oxygen atoms in total. The van der Waals surface area contributed by atoms with Crippen LogP contribution < -0.4 is 5.32 Å². The molecule has 4 rings (SSSR count). The highest BCUT2D eigenvalue weighted by atomic mass is 19.4. The first kappa shape index (κ1) is 24.7. The summed E-state index contributed by atoms with van der Waals surface area (Å²) in [6.07, 6.45) is -4.74. The van der Waals surface area contributed by atoms with Crippen LogP contribution in [0.2, 0.25) is 0 Å². The minimum Gasteiger partial charge on any atom is -0.410 e. The molecule has 1 aliphatic rings. The fourth-order valence-electron chi connectivity index (χ4n) is 3.90. The van der Waals surface area contributed by atoms with Gasteiger partial charge in [0.15, 0.2) is 0 Å². The first-order chi connectivity index (χ1) is 17.3. The molecule has 0 bridgehead atoms. The average Bonchev–Trinajstić information content (AvgIpc) is 3.15. The minimum absolute atomic E-state index is 0.329. The van der Waals surface area contributed by atoms with Crippen molar-refractivity contribution in [2.24, 2.45) is 5.16 Å². The van der Waals surface area contributed by atoms with Gasteiger partial charge in [-0.25, -0.2) is 0 Å². The van der Waals surface area contributed by atoms with Gasteiger partial charge in [-0.3, -0.25) is 35.1 Å². The largest absolute Gasteiger partial charge is 0.416 e. The van der Waals surface area contributed by atoms with E-state index in [1.54, 1.807) is 0 Å². The predicted molar refractivity (Wildman–Crippen MR) is 119 cm³/mol. The first-order valence-electron chi connectivity index (χ1n) is 9.84. The summed E-state index contributed by atoms with van der Waals surface area (Å²) < 4.78 is 39.2. The molecule has 3 aromatic carbocycles. The number of alkyl halides is 3. The van der Waals surface area contributed by atoms with Gasteiger partial charge in [0.1, 0.15) is 5.71 Å². The van der Waals surface area contributed by atoms with Crippen molar-refractivity contribution >= 4 is 34.4 Å². The molecule has 37 heavy (non-hydrogen) atoms. The zero-order valence-corrected chi connectivity index (χ0v) is 17.8. The van der Waals surface area contributed by atoms with Crippen LogP contribution in [0.3, 0.4) is 0 Å². The summed E-state index contributed by atoms with van der Waals surface area (Å²) in [4.78, 5) is 44.9. The fourth-order valence-corrected chi connectivity index (χ4v) is 3.90. The number of carbonyl (C=O) groups is 1. The Morgan fingerprint density at radius 2 is 1.46 bits per heavy atom. The van der Waals surface area contributed by atoms with E-state index >= 15 is 0 Å². The molecule has 0 saturated heterocycles. The van der Waals surface area contributed by atoms with Crippen molar-refractivity contribution in [1.29, 1.82) is 0 Å². The second kappa shape index (κ2) is 8.67. The van der Waals surface area contributed by atoms with Crippen molar-refractivity contribution < 1.29 is 37.9 Å². The summed E-state index contributed by atoms with van der Waals surface area (Å²) in [5.74, 6) is -1.18. The Kier molecular flexibility index (Phi) is 5.79. The Balaban J connectivity index is 1.98. The van der Waals surface area contributed by atoms with E-state index in [9.17, 15) is 53.5 Å². The molecule has 16 heteroatoms. The van der Waals surface area contributed by atoms with Crippen LogP contribution in [0.1, 0.15) is 27.0 Å². The molecular formula is C21H10F3N5O8. The third-order valence-electron chi connectivity index (χ3n) is 5.40. The molecule has 1 amide bonds. The number of hydrogen-bond acceptors (Lipinski definition) is 9. The Bertz CT molecular complexity index is 1570. The van der Waals surface area contributed by atoms with E-state index < -0.39 is 66.3 Å². The summed E-state index contributed by atoms with van der Waals surface area (Å²) >= 11 is 0.